The van der Waals surface area contributed by atoms with Gasteiger partial charge in [-0.1, -0.05) is 43.6 Å². The molecule has 2 aromatic carbocycles. The van der Waals surface area contributed by atoms with Crippen LogP contribution in [0.3, 0.4) is 0 Å². The summed E-state index contributed by atoms with van der Waals surface area (Å²) in [5.41, 5.74) is 3.43. The van der Waals surface area contributed by atoms with E-state index in [9.17, 15) is 4.79 Å². The Hall–Kier alpha value is -3.65. The van der Waals surface area contributed by atoms with E-state index in [0.717, 1.165) is 59.1 Å². The first-order valence-corrected chi connectivity index (χ1v) is 13.1. The van der Waals surface area contributed by atoms with Gasteiger partial charge < -0.3 is 15.1 Å². The molecule has 9 heteroatoms. The second-order valence-corrected chi connectivity index (χ2v) is 10.3. The lowest BCUT2D eigenvalue weighted by atomic mass is 10.1. The van der Waals surface area contributed by atoms with Gasteiger partial charge in [0, 0.05) is 43.3 Å². The van der Waals surface area contributed by atoms with Crippen LogP contribution in [0.25, 0.3) is 16.7 Å². The average molecular weight is 518 g/mol. The Bertz CT molecular complexity index is 1390. The molecule has 37 heavy (non-hydrogen) atoms. The number of benzene rings is 2. The minimum Gasteiger partial charge on any atom is -0.354 e. The van der Waals surface area contributed by atoms with Crippen LogP contribution >= 0.6 is 11.6 Å². The van der Waals surface area contributed by atoms with E-state index in [1.54, 1.807) is 12.1 Å². The number of para-hydroxylation sites is 1. The number of aromatic nitrogens is 4. The first-order valence-electron chi connectivity index (χ1n) is 12.8. The summed E-state index contributed by atoms with van der Waals surface area (Å²) in [6, 6.07) is 17.2. The molecule has 0 bridgehead atoms. The van der Waals surface area contributed by atoms with Crippen LogP contribution in [0.2, 0.25) is 5.02 Å². The first-order chi connectivity index (χ1) is 17.9. The highest BCUT2D eigenvalue weighted by Gasteiger charge is 2.25. The van der Waals surface area contributed by atoms with Crippen molar-refractivity contribution >= 4 is 40.2 Å². The normalized spacial score (nSPS) is 14.3. The monoisotopic (exact) mass is 517 g/mol. The molecule has 5 rings (SSSR count). The number of hydrogen-bond acceptors (Lipinski definition) is 5. The molecule has 0 spiro atoms. The molecule has 1 N–H and O–H groups in total. The van der Waals surface area contributed by atoms with Crippen molar-refractivity contribution in [3.05, 3.63) is 71.1 Å². The van der Waals surface area contributed by atoms with Crippen molar-refractivity contribution in [2.45, 2.75) is 33.6 Å². The van der Waals surface area contributed by atoms with Crippen LogP contribution in [-0.2, 0) is 6.42 Å². The van der Waals surface area contributed by atoms with Crippen molar-refractivity contribution < 1.29 is 4.79 Å². The number of anilines is 2. The summed E-state index contributed by atoms with van der Waals surface area (Å²) in [6.07, 6.45) is 1.62. The Morgan fingerprint density at radius 3 is 2.49 bits per heavy atom. The highest BCUT2D eigenvalue weighted by Crippen LogP contribution is 2.30. The molecule has 0 atom stereocenters. The van der Waals surface area contributed by atoms with E-state index in [2.05, 4.69) is 24.1 Å². The van der Waals surface area contributed by atoms with E-state index in [1.807, 2.05) is 59.0 Å². The summed E-state index contributed by atoms with van der Waals surface area (Å²) < 4.78 is 1.92. The molecule has 0 radical (unpaired) electrons. The Kier molecular flexibility index (Phi) is 7.28. The molecule has 0 unspecified atom stereocenters. The van der Waals surface area contributed by atoms with Gasteiger partial charge in [-0.2, -0.15) is 5.10 Å². The fourth-order valence-electron chi connectivity index (χ4n) is 4.71. The topological polar surface area (TPSA) is 79.2 Å². The van der Waals surface area contributed by atoms with Gasteiger partial charge in [0.25, 0.3) is 0 Å². The molecule has 3 heterocycles. The second-order valence-electron chi connectivity index (χ2n) is 9.86. The number of halogens is 1. The number of carbonyl (C=O) groups excluding carboxylic acids is 1. The van der Waals surface area contributed by atoms with Gasteiger partial charge in [0.1, 0.15) is 11.6 Å². The van der Waals surface area contributed by atoms with E-state index in [4.69, 9.17) is 26.7 Å². The summed E-state index contributed by atoms with van der Waals surface area (Å²) in [5, 5.41) is 9.45. The summed E-state index contributed by atoms with van der Waals surface area (Å²) in [4.78, 5) is 27.1. The zero-order valence-electron chi connectivity index (χ0n) is 21.5. The number of urea groups is 1. The van der Waals surface area contributed by atoms with E-state index in [0.29, 0.717) is 30.6 Å². The SMILES string of the molecule is Cc1nn(-c2ccccc2)c2nc(CC(C)C)nc(N3CCCN(C(=O)Nc4ccc(Cl)cc4)CC3)c12. The van der Waals surface area contributed by atoms with E-state index in [1.165, 1.54) is 0 Å². The van der Waals surface area contributed by atoms with Gasteiger partial charge in [-0.25, -0.2) is 19.4 Å². The summed E-state index contributed by atoms with van der Waals surface area (Å²) in [5.74, 6) is 2.15. The smallest absolute Gasteiger partial charge is 0.321 e. The van der Waals surface area contributed by atoms with Crippen molar-refractivity contribution in [2.75, 3.05) is 36.4 Å². The molecule has 8 nitrogen and oxygen atoms in total. The maximum absolute atomic E-state index is 13.0. The van der Waals surface area contributed by atoms with Crippen molar-refractivity contribution in [3.63, 3.8) is 0 Å². The maximum atomic E-state index is 13.0. The summed E-state index contributed by atoms with van der Waals surface area (Å²) >= 11 is 5.98. The second kappa shape index (κ2) is 10.8. The standard InChI is InChI=1S/C28H32ClN7O/c1-19(2)18-24-31-26(25-20(3)33-36(27(25)32-24)23-8-5-4-6-9-23)34-14-7-15-35(17-16-34)28(37)30-22-12-10-21(29)11-13-22/h4-6,8-13,19H,7,14-18H2,1-3H3,(H,30,37). The zero-order valence-corrected chi connectivity index (χ0v) is 22.2. The van der Waals surface area contributed by atoms with Crippen LogP contribution in [0.5, 0.6) is 0 Å². The molecule has 4 aromatic rings. The van der Waals surface area contributed by atoms with Crippen LogP contribution in [0.1, 0.15) is 31.8 Å². The van der Waals surface area contributed by atoms with Gasteiger partial charge in [0.2, 0.25) is 0 Å². The molecule has 1 aliphatic heterocycles. The van der Waals surface area contributed by atoms with Crippen molar-refractivity contribution in [1.29, 1.82) is 0 Å². The maximum Gasteiger partial charge on any atom is 0.321 e. The Labute approximate surface area is 222 Å². The van der Waals surface area contributed by atoms with Gasteiger partial charge in [-0.05, 0) is 55.7 Å². The first kappa shape index (κ1) is 25.0. The number of rotatable bonds is 5. The van der Waals surface area contributed by atoms with E-state index < -0.39 is 0 Å². The number of amides is 2. The lowest BCUT2D eigenvalue weighted by Gasteiger charge is -2.24. The van der Waals surface area contributed by atoms with Crippen LogP contribution < -0.4 is 10.2 Å². The fraction of sp³-hybridized carbons (Fsp3) is 0.357. The minimum atomic E-state index is -0.106. The number of nitrogens with one attached hydrogen (secondary N) is 1. The fourth-order valence-corrected chi connectivity index (χ4v) is 4.83. The van der Waals surface area contributed by atoms with E-state index >= 15 is 0 Å². The third kappa shape index (κ3) is 5.54. The molecule has 1 aliphatic rings. The van der Waals surface area contributed by atoms with Gasteiger partial charge in [0.05, 0.1) is 16.8 Å². The quantitative estimate of drug-likeness (QED) is 0.366. The molecule has 192 valence electrons. The van der Waals surface area contributed by atoms with E-state index in [-0.39, 0.29) is 6.03 Å². The Morgan fingerprint density at radius 1 is 1.00 bits per heavy atom. The number of aryl methyl sites for hydroxylation is 1. The molecule has 1 fully saturated rings. The molecular weight excluding hydrogens is 486 g/mol. The van der Waals surface area contributed by atoms with Gasteiger partial charge in [0.15, 0.2) is 5.65 Å². The number of carbonyl (C=O) groups is 1. The largest absolute Gasteiger partial charge is 0.354 e. The van der Waals surface area contributed by atoms with Crippen molar-refractivity contribution in [3.8, 4) is 5.69 Å². The van der Waals surface area contributed by atoms with Gasteiger partial charge in [-0.15, -0.1) is 0 Å². The van der Waals surface area contributed by atoms with Crippen molar-refractivity contribution in [1.82, 2.24) is 24.6 Å². The lowest BCUT2D eigenvalue weighted by molar-refractivity contribution is 0.215. The molecule has 0 saturated carbocycles. The Balaban J connectivity index is 1.44. The van der Waals surface area contributed by atoms with Crippen LogP contribution in [-0.4, -0.2) is 56.9 Å². The number of fused-ring (bicyclic) bond motifs is 1. The summed E-state index contributed by atoms with van der Waals surface area (Å²) in [6.45, 7) is 9.11. The molecular formula is C28H32ClN7O. The third-order valence-corrected chi connectivity index (χ3v) is 6.75. The summed E-state index contributed by atoms with van der Waals surface area (Å²) in [7, 11) is 0. The molecule has 2 amide bonds. The molecule has 2 aromatic heterocycles. The predicted octanol–water partition coefficient (Wildman–Crippen LogP) is 5.72. The Morgan fingerprint density at radius 2 is 1.76 bits per heavy atom. The van der Waals surface area contributed by atoms with Crippen molar-refractivity contribution in [2.24, 2.45) is 5.92 Å². The predicted molar refractivity (Wildman–Crippen MR) is 149 cm³/mol. The van der Waals surface area contributed by atoms with Gasteiger partial charge in [-0.3, -0.25) is 0 Å². The van der Waals surface area contributed by atoms with Gasteiger partial charge >= 0.3 is 6.03 Å². The highest BCUT2D eigenvalue weighted by molar-refractivity contribution is 6.30. The highest BCUT2D eigenvalue weighted by atomic mass is 35.5. The minimum absolute atomic E-state index is 0.106. The van der Waals surface area contributed by atoms with Crippen LogP contribution in [0, 0.1) is 12.8 Å². The number of hydrogen-bond donors (Lipinski definition) is 1. The molecule has 0 aliphatic carbocycles. The van der Waals surface area contributed by atoms with Crippen LogP contribution in [0.4, 0.5) is 16.3 Å². The number of nitrogens with zero attached hydrogens (tertiary/aromatic N) is 6. The van der Waals surface area contributed by atoms with Crippen LogP contribution in [0.15, 0.2) is 54.6 Å². The average Bonchev–Trinajstić information content (AvgIpc) is 3.04. The third-order valence-electron chi connectivity index (χ3n) is 6.50. The molecule has 1 saturated heterocycles. The zero-order chi connectivity index (χ0) is 25.9. The lowest BCUT2D eigenvalue weighted by Crippen LogP contribution is -2.38.